The van der Waals surface area contributed by atoms with Crippen molar-refractivity contribution in [3.63, 3.8) is 0 Å². The van der Waals surface area contributed by atoms with E-state index >= 15 is 0 Å². The maximum atomic E-state index is 8.66. The van der Waals surface area contributed by atoms with Gasteiger partial charge < -0.3 is 14.9 Å². The van der Waals surface area contributed by atoms with Crippen LogP contribution >= 0.6 is 0 Å². The van der Waals surface area contributed by atoms with Crippen LogP contribution in [0.25, 0.3) is 0 Å². The molecule has 0 aliphatic heterocycles. The van der Waals surface area contributed by atoms with Crippen molar-refractivity contribution in [2.24, 2.45) is 0 Å². The normalized spacial score (nSPS) is 10.4. The lowest BCUT2D eigenvalue weighted by Gasteiger charge is -2.11. The van der Waals surface area contributed by atoms with Crippen LogP contribution in [0.4, 0.5) is 0 Å². The van der Waals surface area contributed by atoms with Crippen molar-refractivity contribution in [3.05, 3.63) is 24.7 Å². The minimum absolute atomic E-state index is 0.282. The number of unbranched alkanes of at least 4 members (excludes halogenated alkanes) is 6. The molecule has 2 N–H and O–H groups in total. The van der Waals surface area contributed by atoms with Crippen molar-refractivity contribution < 1.29 is 14.9 Å². The van der Waals surface area contributed by atoms with E-state index in [-0.39, 0.29) is 13.2 Å². The molecule has 0 fully saturated rings. The van der Waals surface area contributed by atoms with Gasteiger partial charge in [0.1, 0.15) is 0 Å². The maximum Gasteiger partial charge on any atom is 0.0964 e. The van der Waals surface area contributed by atoms with Gasteiger partial charge >= 0.3 is 0 Å². The van der Waals surface area contributed by atoms with Gasteiger partial charge in [0.25, 0.3) is 0 Å². The molecule has 0 aromatic rings. The zero-order chi connectivity index (χ0) is 14.3. The third-order valence-electron chi connectivity index (χ3n) is 3.02. The Morgan fingerprint density at radius 2 is 1.00 bits per heavy atom. The van der Waals surface area contributed by atoms with Gasteiger partial charge in [0.05, 0.1) is 11.5 Å². The Labute approximate surface area is 118 Å². The number of ether oxygens (including phenoxy) is 1. The predicted molar refractivity (Wildman–Crippen MR) is 79.7 cm³/mol. The van der Waals surface area contributed by atoms with E-state index in [0.29, 0.717) is 0 Å². The summed E-state index contributed by atoms with van der Waals surface area (Å²) in [6.07, 6.45) is 9.97. The number of allylic oxidation sites excluding steroid dienone is 2. The largest absolute Gasteiger partial charge is 0.467 e. The summed E-state index contributed by atoms with van der Waals surface area (Å²) in [4.78, 5) is 0. The zero-order valence-corrected chi connectivity index (χ0v) is 12.2. The molecule has 0 aromatic carbocycles. The topological polar surface area (TPSA) is 49.7 Å². The monoisotopic (exact) mass is 270 g/mol. The van der Waals surface area contributed by atoms with Crippen LogP contribution in [-0.2, 0) is 4.74 Å². The summed E-state index contributed by atoms with van der Waals surface area (Å²) in [5.41, 5.74) is 0. The molecule has 0 atom stereocenters. The summed E-state index contributed by atoms with van der Waals surface area (Å²) < 4.78 is 5.58. The average Bonchev–Trinajstić information content (AvgIpc) is 2.38. The summed E-state index contributed by atoms with van der Waals surface area (Å²) in [5, 5.41) is 17.3. The second kappa shape index (κ2) is 13.6. The highest BCUT2D eigenvalue weighted by Crippen LogP contribution is 2.16. The van der Waals surface area contributed by atoms with Gasteiger partial charge in [-0.25, -0.2) is 0 Å². The molecule has 112 valence electrons. The second-order valence-corrected chi connectivity index (χ2v) is 4.96. The van der Waals surface area contributed by atoms with Gasteiger partial charge in [-0.1, -0.05) is 38.8 Å². The average molecular weight is 270 g/mol. The van der Waals surface area contributed by atoms with Crippen LogP contribution in [-0.4, -0.2) is 23.4 Å². The number of aliphatic hydroxyl groups excluding tert-OH is 2. The smallest absolute Gasteiger partial charge is 0.0964 e. The van der Waals surface area contributed by atoms with Crippen molar-refractivity contribution >= 4 is 0 Å². The molecule has 0 radical (unpaired) electrons. The van der Waals surface area contributed by atoms with Gasteiger partial charge in [0.15, 0.2) is 0 Å². The Morgan fingerprint density at radius 1 is 0.632 bits per heavy atom. The van der Waals surface area contributed by atoms with Crippen LogP contribution in [0.15, 0.2) is 24.7 Å². The Bertz CT molecular complexity index is 212. The first-order valence-electron chi connectivity index (χ1n) is 7.45. The van der Waals surface area contributed by atoms with Crippen LogP contribution in [0, 0.1) is 0 Å². The van der Waals surface area contributed by atoms with Crippen molar-refractivity contribution in [3.8, 4) is 0 Å². The van der Waals surface area contributed by atoms with Gasteiger partial charge in [-0.15, -0.1) is 0 Å². The molecule has 3 nitrogen and oxygen atoms in total. The molecule has 0 spiro atoms. The molecular weight excluding hydrogens is 240 g/mol. The molecule has 0 saturated carbocycles. The lowest BCUT2D eigenvalue weighted by atomic mass is 10.1. The molecule has 0 aromatic heterocycles. The number of hydrogen-bond acceptors (Lipinski definition) is 3. The van der Waals surface area contributed by atoms with Crippen LogP contribution < -0.4 is 0 Å². The van der Waals surface area contributed by atoms with E-state index in [1.54, 1.807) is 0 Å². The first-order valence-corrected chi connectivity index (χ1v) is 7.45. The molecule has 0 aliphatic rings. The minimum atomic E-state index is 0.282. The summed E-state index contributed by atoms with van der Waals surface area (Å²) in [5.74, 6) is 1.59. The fourth-order valence-electron chi connectivity index (χ4n) is 1.88. The van der Waals surface area contributed by atoms with Gasteiger partial charge in [0.2, 0.25) is 0 Å². The van der Waals surface area contributed by atoms with Gasteiger partial charge in [-0.2, -0.15) is 0 Å². The Morgan fingerprint density at radius 3 is 1.37 bits per heavy atom. The fourth-order valence-corrected chi connectivity index (χ4v) is 1.88. The van der Waals surface area contributed by atoms with E-state index < -0.39 is 0 Å². The number of aliphatic hydroxyl groups is 2. The van der Waals surface area contributed by atoms with Crippen LogP contribution in [0.2, 0.25) is 0 Å². The zero-order valence-electron chi connectivity index (χ0n) is 12.2. The second-order valence-electron chi connectivity index (χ2n) is 4.96. The van der Waals surface area contributed by atoms with E-state index in [9.17, 15) is 0 Å². The Hall–Kier alpha value is -0.800. The first-order chi connectivity index (χ1) is 9.20. The lowest BCUT2D eigenvalue weighted by molar-refractivity contribution is 0.267. The molecule has 0 aliphatic carbocycles. The molecule has 3 heteroatoms. The van der Waals surface area contributed by atoms with Crippen molar-refractivity contribution in [1.82, 2.24) is 0 Å². The van der Waals surface area contributed by atoms with Gasteiger partial charge in [-0.3, -0.25) is 0 Å². The SMILES string of the molecule is C=C(CCCCCCO)OC(=C)CCCCCCO. The molecule has 0 heterocycles. The molecule has 19 heavy (non-hydrogen) atoms. The van der Waals surface area contributed by atoms with Crippen LogP contribution in [0.1, 0.15) is 64.2 Å². The highest BCUT2D eigenvalue weighted by Gasteiger charge is 2.00. The Balaban J connectivity index is 3.40. The number of hydrogen-bond donors (Lipinski definition) is 2. The first kappa shape index (κ1) is 18.2. The van der Waals surface area contributed by atoms with Gasteiger partial charge in [0, 0.05) is 26.1 Å². The van der Waals surface area contributed by atoms with Crippen molar-refractivity contribution in [2.75, 3.05) is 13.2 Å². The molecule has 0 saturated heterocycles. The predicted octanol–water partition coefficient (Wildman–Crippen LogP) is 3.92. The Kier molecular flexibility index (Phi) is 13.1. The molecule has 0 bridgehead atoms. The summed E-state index contributed by atoms with van der Waals surface area (Å²) in [7, 11) is 0. The van der Waals surface area contributed by atoms with Crippen LogP contribution in [0.5, 0.6) is 0 Å². The van der Waals surface area contributed by atoms with E-state index in [4.69, 9.17) is 14.9 Å². The summed E-state index contributed by atoms with van der Waals surface area (Å²) in [6, 6.07) is 0. The van der Waals surface area contributed by atoms with E-state index in [0.717, 1.165) is 75.7 Å². The third kappa shape index (κ3) is 13.4. The van der Waals surface area contributed by atoms with Crippen LogP contribution in [0.3, 0.4) is 0 Å². The van der Waals surface area contributed by atoms with E-state index in [1.165, 1.54) is 0 Å². The standard InChI is InChI=1S/C16H30O3/c1-15(11-7-3-5-9-13-17)19-16(2)12-8-4-6-10-14-18/h17-18H,1-14H2. The van der Waals surface area contributed by atoms with E-state index in [2.05, 4.69) is 13.2 Å². The minimum Gasteiger partial charge on any atom is -0.467 e. The molecule has 0 unspecified atom stereocenters. The lowest BCUT2D eigenvalue weighted by Crippen LogP contribution is -1.93. The highest BCUT2D eigenvalue weighted by atomic mass is 16.5. The molecular formula is C16H30O3. The molecule has 0 amide bonds. The summed E-state index contributed by atoms with van der Waals surface area (Å²) in [6.45, 7) is 8.37. The number of rotatable bonds is 14. The third-order valence-corrected chi connectivity index (χ3v) is 3.02. The fraction of sp³-hybridized carbons (Fsp3) is 0.750. The summed E-state index contributed by atoms with van der Waals surface area (Å²) >= 11 is 0. The highest BCUT2D eigenvalue weighted by molar-refractivity contribution is 4.93. The quantitative estimate of drug-likeness (QED) is 0.371. The van der Waals surface area contributed by atoms with E-state index in [1.807, 2.05) is 0 Å². The van der Waals surface area contributed by atoms with Crippen molar-refractivity contribution in [1.29, 1.82) is 0 Å². The van der Waals surface area contributed by atoms with Crippen molar-refractivity contribution in [2.45, 2.75) is 64.2 Å². The van der Waals surface area contributed by atoms with Gasteiger partial charge in [-0.05, 0) is 25.7 Å². The maximum absolute atomic E-state index is 8.66. The molecule has 0 rings (SSSR count).